The van der Waals surface area contributed by atoms with Gasteiger partial charge in [0.05, 0.1) is 0 Å². The molecule has 84 valence electrons. The zero-order chi connectivity index (χ0) is 11.5. The van der Waals surface area contributed by atoms with Gasteiger partial charge in [-0.3, -0.25) is 9.36 Å². The highest BCUT2D eigenvalue weighted by Crippen LogP contribution is 2.06. The molecule has 2 aromatic heterocycles. The molecule has 16 heavy (non-hydrogen) atoms. The van der Waals surface area contributed by atoms with Crippen molar-refractivity contribution in [2.24, 2.45) is 7.05 Å². The molecule has 0 atom stereocenters. The number of nitrogens with zero attached hydrogens (tertiary/aromatic N) is 2. The van der Waals surface area contributed by atoms with Crippen LogP contribution in [0.5, 0.6) is 0 Å². The summed E-state index contributed by atoms with van der Waals surface area (Å²) < 4.78 is 2.67. The maximum atomic E-state index is 11.7. The van der Waals surface area contributed by atoms with Crippen LogP contribution in [0.15, 0.2) is 38.7 Å². The van der Waals surface area contributed by atoms with Gasteiger partial charge in [-0.05, 0) is 28.8 Å². The first-order valence-corrected chi connectivity index (χ1v) is 5.90. The van der Waals surface area contributed by atoms with Crippen molar-refractivity contribution in [2.45, 2.75) is 13.0 Å². The molecule has 2 rings (SSSR count). The maximum absolute atomic E-state index is 11.7. The molecule has 2 heterocycles. The molecule has 0 bridgehead atoms. The Kier molecular flexibility index (Phi) is 3.05. The van der Waals surface area contributed by atoms with Crippen molar-refractivity contribution < 1.29 is 0 Å². The van der Waals surface area contributed by atoms with Gasteiger partial charge in [0.15, 0.2) is 0 Å². The third-order valence-electron chi connectivity index (χ3n) is 2.44. The molecule has 0 saturated carbocycles. The van der Waals surface area contributed by atoms with Crippen LogP contribution in [0.25, 0.3) is 0 Å². The van der Waals surface area contributed by atoms with E-state index < -0.39 is 0 Å². The fourth-order valence-corrected chi connectivity index (χ4v) is 2.20. The van der Waals surface area contributed by atoms with Crippen molar-refractivity contribution in [3.63, 3.8) is 0 Å². The second-order valence-corrected chi connectivity index (χ2v) is 4.36. The molecule has 0 aliphatic carbocycles. The van der Waals surface area contributed by atoms with Crippen LogP contribution in [-0.2, 0) is 20.0 Å². The zero-order valence-electron chi connectivity index (χ0n) is 8.92. The molecule has 0 radical (unpaired) electrons. The van der Waals surface area contributed by atoms with Crippen molar-refractivity contribution in [2.75, 3.05) is 0 Å². The Balaban J connectivity index is 2.25. The Hall–Kier alpha value is -1.62. The number of rotatable bonds is 3. The largest absolute Gasteiger partial charge is 0.330 e. The van der Waals surface area contributed by atoms with E-state index in [9.17, 15) is 9.59 Å². The van der Waals surface area contributed by atoms with Crippen LogP contribution < -0.4 is 11.2 Å². The van der Waals surface area contributed by atoms with Crippen LogP contribution in [0, 0.1) is 0 Å². The number of hydrogen-bond donors (Lipinski definition) is 0. The SMILES string of the molecule is Cn1ccc(=O)n(CCc2ccsc2)c1=O. The lowest BCUT2D eigenvalue weighted by molar-refractivity contribution is 0.590. The van der Waals surface area contributed by atoms with Crippen molar-refractivity contribution >= 4 is 11.3 Å². The molecule has 0 fully saturated rings. The minimum Gasteiger partial charge on any atom is -0.303 e. The fraction of sp³-hybridized carbons (Fsp3) is 0.273. The second-order valence-electron chi connectivity index (χ2n) is 3.58. The van der Waals surface area contributed by atoms with Crippen LogP contribution in [-0.4, -0.2) is 9.13 Å². The van der Waals surface area contributed by atoms with Gasteiger partial charge in [0.1, 0.15) is 0 Å². The smallest absolute Gasteiger partial charge is 0.303 e. The molecule has 2 aromatic rings. The third kappa shape index (κ3) is 2.14. The highest BCUT2D eigenvalue weighted by molar-refractivity contribution is 7.07. The van der Waals surface area contributed by atoms with Crippen molar-refractivity contribution in [3.05, 3.63) is 55.5 Å². The first kappa shape index (κ1) is 10.9. The Bertz CT molecular complexity index is 581. The van der Waals surface area contributed by atoms with E-state index >= 15 is 0 Å². The summed E-state index contributed by atoms with van der Waals surface area (Å²) in [6.45, 7) is 0.434. The van der Waals surface area contributed by atoms with Crippen molar-refractivity contribution in [3.8, 4) is 0 Å². The second kappa shape index (κ2) is 4.49. The van der Waals surface area contributed by atoms with Gasteiger partial charge in [-0.2, -0.15) is 11.3 Å². The van der Waals surface area contributed by atoms with Crippen LogP contribution in [0.2, 0.25) is 0 Å². The van der Waals surface area contributed by atoms with Gasteiger partial charge < -0.3 is 4.57 Å². The number of hydrogen-bond acceptors (Lipinski definition) is 3. The van der Waals surface area contributed by atoms with E-state index in [0.717, 1.165) is 5.56 Å². The molecular formula is C11H12N2O2S. The molecule has 0 unspecified atom stereocenters. The molecule has 0 aliphatic rings. The molecule has 0 saturated heterocycles. The fourth-order valence-electron chi connectivity index (χ4n) is 1.50. The molecule has 0 aromatic carbocycles. The van der Waals surface area contributed by atoms with Crippen LogP contribution >= 0.6 is 11.3 Å². The van der Waals surface area contributed by atoms with Crippen molar-refractivity contribution in [1.29, 1.82) is 0 Å². The van der Waals surface area contributed by atoms with Gasteiger partial charge in [-0.1, -0.05) is 0 Å². The first-order chi connectivity index (χ1) is 7.68. The zero-order valence-corrected chi connectivity index (χ0v) is 9.74. The predicted molar refractivity (Wildman–Crippen MR) is 64.0 cm³/mol. The van der Waals surface area contributed by atoms with Gasteiger partial charge in [0.2, 0.25) is 0 Å². The van der Waals surface area contributed by atoms with E-state index in [1.807, 2.05) is 16.8 Å². The average molecular weight is 236 g/mol. The quantitative estimate of drug-likeness (QED) is 0.793. The lowest BCUT2D eigenvalue weighted by Gasteiger charge is -2.05. The molecule has 4 nitrogen and oxygen atoms in total. The molecule has 0 spiro atoms. The van der Waals surface area contributed by atoms with Gasteiger partial charge in [-0.15, -0.1) is 0 Å². The Morgan fingerprint density at radius 3 is 2.81 bits per heavy atom. The minimum absolute atomic E-state index is 0.238. The van der Waals surface area contributed by atoms with Gasteiger partial charge in [0, 0.05) is 25.9 Å². The molecule has 0 amide bonds. The normalized spacial score (nSPS) is 10.6. The van der Waals surface area contributed by atoms with E-state index in [-0.39, 0.29) is 11.2 Å². The summed E-state index contributed by atoms with van der Waals surface area (Å²) in [4.78, 5) is 23.2. The molecular weight excluding hydrogens is 224 g/mol. The standard InChI is InChI=1S/C11H12N2O2S/c1-12-5-3-10(14)13(11(12)15)6-2-9-4-7-16-8-9/h3-5,7-8H,2,6H2,1H3. The first-order valence-electron chi connectivity index (χ1n) is 4.96. The molecule has 0 aliphatic heterocycles. The van der Waals surface area contributed by atoms with Gasteiger partial charge in [-0.25, -0.2) is 4.79 Å². The van der Waals surface area contributed by atoms with Gasteiger partial charge >= 0.3 is 5.69 Å². The summed E-state index contributed by atoms with van der Waals surface area (Å²) in [5.74, 6) is 0. The van der Waals surface area contributed by atoms with E-state index in [4.69, 9.17) is 0 Å². The van der Waals surface area contributed by atoms with Crippen LogP contribution in [0.4, 0.5) is 0 Å². The Morgan fingerprint density at radius 2 is 2.12 bits per heavy atom. The summed E-state index contributed by atoms with van der Waals surface area (Å²) in [7, 11) is 1.64. The van der Waals surface area contributed by atoms with E-state index in [2.05, 4.69) is 0 Å². The third-order valence-corrected chi connectivity index (χ3v) is 3.18. The Labute approximate surface area is 96.4 Å². The molecule has 0 N–H and O–H groups in total. The Morgan fingerprint density at radius 1 is 1.31 bits per heavy atom. The summed E-state index contributed by atoms with van der Waals surface area (Å²) in [5.41, 5.74) is 0.656. The summed E-state index contributed by atoms with van der Waals surface area (Å²) >= 11 is 1.62. The monoisotopic (exact) mass is 236 g/mol. The summed E-state index contributed by atoms with van der Waals surface area (Å²) in [6, 6.07) is 3.41. The number of aromatic nitrogens is 2. The number of aryl methyl sites for hydroxylation is 2. The number of thiophene rings is 1. The lowest BCUT2D eigenvalue weighted by atomic mass is 10.2. The van der Waals surface area contributed by atoms with E-state index in [0.29, 0.717) is 13.0 Å². The predicted octanol–water partition coefficient (Wildman–Crippen LogP) is 0.851. The lowest BCUT2D eigenvalue weighted by Crippen LogP contribution is -2.38. The summed E-state index contributed by atoms with van der Waals surface area (Å²) in [6.07, 6.45) is 2.20. The minimum atomic E-state index is -0.261. The van der Waals surface area contributed by atoms with E-state index in [1.165, 1.54) is 21.4 Å². The highest BCUT2D eigenvalue weighted by atomic mass is 32.1. The van der Waals surface area contributed by atoms with E-state index in [1.54, 1.807) is 18.4 Å². The topological polar surface area (TPSA) is 44.0 Å². The maximum Gasteiger partial charge on any atom is 0.330 e. The highest BCUT2D eigenvalue weighted by Gasteiger charge is 2.03. The molecule has 5 heteroatoms. The van der Waals surface area contributed by atoms with Crippen molar-refractivity contribution in [1.82, 2.24) is 9.13 Å². The van der Waals surface area contributed by atoms with Crippen LogP contribution in [0.1, 0.15) is 5.56 Å². The average Bonchev–Trinajstić information content (AvgIpc) is 2.77. The summed E-state index contributed by atoms with van der Waals surface area (Å²) in [5, 5.41) is 4.01. The van der Waals surface area contributed by atoms with Gasteiger partial charge in [0.25, 0.3) is 5.56 Å². The van der Waals surface area contributed by atoms with Crippen LogP contribution in [0.3, 0.4) is 0 Å².